The van der Waals surface area contributed by atoms with Crippen molar-refractivity contribution in [3.63, 3.8) is 0 Å². The summed E-state index contributed by atoms with van der Waals surface area (Å²) in [6, 6.07) is 22.5. The lowest BCUT2D eigenvalue weighted by Crippen LogP contribution is -2.44. The predicted molar refractivity (Wildman–Crippen MR) is 121 cm³/mol. The van der Waals surface area contributed by atoms with Crippen LogP contribution in [0.2, 0.25) is 0 Å². The van der Waals surface area contributed by atoms with Gasteiger partial charge in [-0.25, -0.2) is 4.79 Å². The van der Waals surface area contributed by atoms with Crippen molar-refractivity contribution >= 4 is 11.9 Å². The number of benzene rings is 2. The van der Waals surface area contributed by atoms with Crippen LogP contribution in [0.5, 0.6) is 0 Å². The van der Waals surface area contributed by atoms with Crippen molar-refractivity contribution in [2.75, 3.05) is 26.2 Å². The molecule has 2 heterocycles. The Morgan fingerprint density at radius 1 is 1.00 bits per heavy atom. The number of furan rings is 1. The highest BCUT2D eigenvalue weighted by Gasteiger charge is 2.28. The number of carbonyl (C=O) groups excluding carboxylic acids is 2. The molecule has 0 spiro atoms. The Hall–Kier alpha value is -3.38. The fraction of sp³-hybridized carbons (Fsp3) is 0.308. The van der Waals surface area contributed by atoms with Crippen LogP contribution in [0.1, 0.15) is 39.3 Å². The highest BCUT2D eigenvalue weighted by Crippen LogP contribution is 2.20. The molecular formula is C26H28N2O4. The van der Waals surface area contributed by atoms with E-state index in [4.69, 9.17) is 9.25 Å². The van der Waals surface area contributed by atoms with Gasteiger partial charge in [0.15, 0.2) is 0 Å². The van der Waals surface area contributed by atoms with Gasteiger partial charge in [-0.15, -0.1) is 0 Å². The third-order valence-electron chi connectivity index (χ3n) is 5.75. The largest absolute Gasteiger partial charge is 0.457 e. The average Bonchev–Trinajstić information content (AvgIpc) is 3.39. The highest BCUT2D eigenvalue weighted by molar-refractivity contribution is 5.95. The van der Waals surface area contributed by atoms with Gasteiger partial charge in [0.2, 0.25) is 5.76 Å². The molecule has 0 N–H and O–H groups in total. The Bertz CT molecular complexity index is 989. The van der Waals surface area contributed by atoms with Crippen LogP contribution in [0.4, 0.5) is 0 Å². The van der Waals surface area contributed by atoms with Crippen LogP contribution in [0.25, 0.3) is 0 Å². The smallest absolute Gasteiger partial charge is 0.398 e. The van der Waals surface area contributed by atoms with Gasteiger partial charge in [-0.1, -0.05) is 48.5 Å². The van der Waals surface area contributed by atoms with Gasteiger partial charge in [-0.05, 0) is 61.6 Å². The predicted octanol–water partition coefficient (Wildman–Crippen LogP) is 4.45. The Balaban J connectivity index is 1.41. The molecule has 32 heavy (non-hydrogen) atoms. The van der Waals surface area contributed by atoms with Crippen LogP contribution in [0.3, 0.4) is 0 Å². The molecule has 4 rings (SSSR count). The second-order valence-corrected chi connectivity index (χ2v) is 8.13. The molecule has 1 aromatic heterocycles. The van der Waals surface area contributed by atoms with Crippen molar-refractivity contribution in [1.29, 1.82) is 0 Å². The lowest BCUT2D eigenvalue weighted by Gasteiger charge is -2.34. The van der Waals surface area contributed by atoms with E-state index in [2.05, 4.69) is 29.2 Å². The number of likely N-dealkylation sites (tertiary alicyclic amines) is 1. The van der Waals surface area contributed by atoms with E-state index in [-0.39, 0.29) is 17.6 Å². The van der Waals surface area contributed by atoms with Crippen molar-refractivity contribution < 1.29 is 18.8 Å². The molecule has 1 fully saturated rings. The molecule has 1 saturated heterocycles. The number of piperidine rings is 1. The van der Waals surface area contributed by atoms with Gasteiger partial charge < -0.3 is 14.2 Å². The third-order valence-corrected chi connectivity index (χ3v) is 5.75. The zero-order valence-electron chi connectivity index (χ0n) is 18.1. The van der Waals surface area contributed by atoms with Crippen molar-refractivity contribution in [3.05, 3.63) is 95.9 Å². The minimum atomic E-state index is -0.670. The van der Waals surface area contributed by atoms with Crippen LogP contribution in [0.15, 0.2) is 83.5 Å². The van der Waals surface area contributed by atoms with E-state index in [1.54, 1.807) is 30.3 Å². The minimum Gasteiger partial charge on any atom is -0.457 e. The second-order valence-electron chi connectivity index (χ2n) is 8.13. The van der Waals surface area contributed by atoms with Gasteiger partial charge in [-0.2, -0.15) is 5.06 Å². The summed E-state index contributed by atoms with van der Waals surface area (Å²) < 4.78 is 5.14. The van der Waals surface area contributed by atoms with Crippen LogP contribution in [-0.2, 0) is 11.3 Å². The van der Waals surface area contributed by atoms with Crippen LogP contribution in [0, 0.1) is 5.92 Å². The number of hydrogen-bond donors (Lipinski definition) is 0. The van der Waals surface area contributed by atoms with Gasteiger partial charge in [0.05, 0.1) is 12.8 Å². The van der Waals surface area contributed by atoms with Crippen molar-refractivity contribution in [1.82, 2.24) is 9.96 Å². The van der Waals surface area contributed by atoms with E-state index in [0.29, 0.717) is 12.1 Å². The van der Waals surface area contributed by atoms with E-state index < -0.39 is 5.97 Å². The zero-order chi connectivity index (χ0) is 22.2. The van der Waals surface area contributed by atoms with E-state index in [0.717, 1.165) is 38.9 Å². The normalized spacial score (nSPS) is 16.4. The summed E-state index contributed by atoms with van der Waals surface area (Å²) in [5, 5.41) is 1.20. The standard InChI is InChI=1S/C26H28N2O4/c29-25(23-12-5-2-6-13-23)28(32-26(30)24-14-8-18-31-24)20-22-11-7-16-27(19-22)17-15-21-9-3-1-4-10-21/h1-6,8-10,12-14,18,22H,7,11,15-17,19-20H2. The average molecular weight is 433 g/mol. The van der Waals surface area contributed by atoms with Crippen molar-refractivity contribution in [2.45, 2.75) is 19.3 Å². The Labute approximate surface area is 188 Å². The molecule has 1 amide bonds. The van der Waals surface area contributed by atoms with Gasteiger partial charge >= 0.3 is 5.97 Å². The SMILES string of the molecule is O=C(ON(CC1CCCN(CCc2ccccc2)C1)C(=O)c1ccccc1)c1ccco1. The molecule has 1 aliphatic rings. The van der Waals surface area contributed by atoms with Crippen LogP contribution < -0.4 is 0 Å². The third kappa shape index (κ3) is 5.86. The number of amides is 1. The summed E-state index contributed by atoms with van der Waals surface area (Å²) in [7, 11) is 0. The summed E-state index contributed by atoms with van der Waals surface area (Å²) in [6.07, 6.45) is 4.44. The molecule has 1 aliphatic heterocycles. The van der Waals surface area contributed by atoms with Crippen LogP contribution >= 0.6 is 0 Å². The van der Waals surface area contributed by atoms with E-state index >= 15 is 0 Å². The number of carbonyl (C=O) groups is 2. The molecule has 6 nitrogen and oxygen atoms in total. The molecule has 3 aromatic rings. The van der Waals surface area contributed by atoms with E-state index in [1.165, 1.54) is 23.0 Å². The molecule has 0 aliphatic carbocycles. The van der Waals surface area contributed by atoms with Gasteiger partial charge in [-0.3, -0.25) is 4.79 Å². The first-order chi connectivity index (χ1) is 15.7. The zero-order valence-corrected chi connectivity index (χ0v) is 18.1. The molecule has 0 saturated carbocycles. The minimum absolute atomic E-state index is 0.0731. The summed E-state index contributed by atoms with van der Waals surface area (Å²) in [5.74, 6) is -0.705. The Kier molecular flexibility index (Phi) is 7.35. The van der Waals surface area contributed by atoms with Gasteiger partial charge in [0, 0.05) is 18.7 Å². The quantitative estimate of drug-likeness (QED) is 0.516. The monoisotopic (exact) mass is 432 g/mol. The molecule has 0 radical (unpaired) electrons. The maximum atomic E-state index is 13.1. The maximum absolute atomic E-state index is 13.1. The first kappa shape index (κ1) is 21.8. The summed E-state index contributed by atoms with van der Waals surface area (Å²) >= 11 is 0. The fourth-order valence-corrected chi connectivity index (χ4v) is 4.10. The molecule has 6 heteroatoms. The molecule has 166 valence electrons. The lowest BCUT2D eigenvalue weighted by atomic mass is 9.97. The number of hydrogen-bond acceptors (Lipinski definition) is 5. The topological polar surface area (TPSA) is 63.0 Å². The summed E-state index contributed by atoms with van der Waals surface area (Å²) in [4.78, 5) is 33.6. The van der Waals surface area contributed by atoms with Crippen LogP contribution in [-0.4, -0.2) is 48.0 Å². The summed E-state index contributed by atoms with van der Waals surface area (Å²) in [6.45, 7) is 3.23. The maximum Gasteiger partial charge on any atom is 0.398 e. The fourth-order valence-electron chi connectivity index (χ4n) is 4.10. The Morgan fingerprint density at radius 3 is 2.47 bits per heavy atom. The van der Waals surface area contributed by atoms with E-state index in [9.17, 15) is 9.59 Å². The molecule has 2 aromatic carbocycles. The molecule has 0 bridgehead atoms. The van der Waals surface area contributed by atoms with Crippen molar-refractivity contribution in [2.24, 2.45) is 5.92 Å². The van der Waals surface area contributed by atoms with E-state index in [1.807, 2.05) is 12.1 Å². The first-order valence-corrected chi connectivity index (χ1v) is 11.1. The Morgan fingerprint density at radius 2 is 1.75 bits per heavy atom. The second kappa shape index (κ2) is 10.8. The lowest BCUT2D eigenvalue weighted by molar-refractivity contribution is -0.0937. The number of nitrogens with zero attached hydrogens (tertiary/aromatic N) is 2. The first-order valence-electron chi connectivity index (χ1n) is 11.1. The highest BCUT2D eigenvalue weighted by atomic mass is 16.7. The summed E-state index contributed by atoms with van der Waals surface area (Å²) in [5.41, 5.74) is 1.80. The molecule has 1 atom stereocenters. The van der Waals surface area contributed by atoms with Gasteiger partial charge in [0.1, 0.15) is 0 Å². The van der Waals surface area contributed by atoms with Gasteiger partial charge in [0.25, 0.3) is 5.91 Å². The van der Waals surface area contributed by atoms with Crippen molar-refractivity contribution in [3.8, 4) is 0 Å². The molecular weight excluding hydrogens is 404 g/mol. The molecule has 1 unspecified atom stereocenters. The number of rotatable bonds is 7. The number of hydroxylamine groups is 2.